The lowest BCUT2D eigenvalue weighted by Crippen LogP contribution is -2.11. The zero-order chi connectivity index (χ0) is 12.5. The largest absolute Gasteiger partial charge is 0.460 e. The van der Waals surface area contributed by atoms with Crippen molar-refractivity contribution < 1.29 is 14.3 Å². The smallest absolute Gasteiger partial charge is 0.339 e. The Balaban J connectivity index is 2.24. The summed E-state index contributed by atoms with van der Waals surface area (Å²) in [7, 11) is 0. The predicted molar refractivity (Wildman–Crippen MR) is 67.5 cm³/mol. The molecule has 0 unspecified atom stereocenters. The number of ether oxygens (including phenoxy) is 2. The second kappa shape index (κ2) is 8.09. The molecule has 0 heterocycles. The molecule has 0 saturated carbocycles. The maximum Gasteiger partial charge on any atom is 0.339 e. The Kier molecular flexibility index (Phi) is 6.67. The van der Waals surface area contributed by atoms with Gasteiger partial charge in [0.15, 0.2) is 0 Å². The monoisotopic (exact) mass is 256 g/mol. The molecule has 3 nitrogen and oxygen atoms in total. The molecule has 0 radical (unpaired) electrons. The first-order valence-corrected chi connectivity index (χ1v) is 6.13. The van der Waals surface area contributed by atoms with Gasteiger partial charge in [-0.05, 0) is 18.6 Å². The topological polar surface area (TPSA) is 35.5 Å². The Bertz CT molecular complexity index is 352. The number of benzene rings is 1. The van der Waals surface area contributed by atoms with Crippen LogP contribution in [0.25, 0.3) is 0 Å². The number of rotatable bonds is 7. The number of esters is 1. The summed E-state index contributed by atoms with van der Waals surface area (Å²) in [6.07, 6.45) is 2.12. The molecule has 0 spiro atoms. The molecular weight excluding hydrogens is 240 g/mol. The average Bonchev–Trinajstić information content (AvgIpc) is 2.34. The normalized spacial score (nSPS) is 10.2. The Morgan fingerprint density at radius 1 is 1.24 bits per heavy atom. The number of carbonyl (C=O) groups is 1. The van der Waals surface area contributed by atoms with Crippen LogP contribution in [0.2, 0.25) is 5.02 Å². The van der Waals surface area contributed by atoms with Gasteiger partial charge >= 0.3 is 5.97 Å². The predicted octanol–water partition coefficient (Wildman–Crippen LogP) is 3.31. The Hall–Kier alpha value is -1.06. The minimum Gasteiger partial charge on any atom is -0.460 e. The molecule has 0 atom stereocenters. The summed E-state index contributed by atoms with van der Waals surface area (Å²) in [5.74, 6) is -0.408. The van der Waals surface area contributed by atoms with Crippen LogP contribution in [0.15, 0.2) is 24.3 Å². The third-order valence-electron chi connectivity index (χ3n) is 2.20. The highest BCUT2D eigenvalue weighted by atomic mass is 35.5. The Labute approximate surface area is 107 Å². The number of halogens is 1. The summed E-state index contributed by atoms with van der Waals surface area (Å²) >= 11 is 5.87. The molecule has 0 amide bonds. The summed E-state index contributed by atoms with van der Waals surface area (Å²) < 4.78 is 10.3. The van der Waals surface area contributed by atoms with Crippen LogP contribution in [0.5, 0.6) is 0 Å². The molecule has 4 heteroatoms. The van der Waals surface area contributed by atoms with E-state index in [0.29, 0.717) is 23.8 Å². The van der Waals surface area contributed by atoms with E-state index < -0.39 is 5.97 Å². The lowest BCUT2D eigenvalue weighted by Gasteiger charge is -2.06. The lowest BCUT2D eigenvalue weighted by atomic mass is 10.2. The first-order valence-electron chi connectivity index (χ1n) is 5.75. The van der Waals surface area contributed by atoms with Crippen LogP contribution in [-0.4, -0.2) is 25.8 Å². The number of hydrogen-bond acceptors (Lipinski definition) is 3. The van der Waals surface area contributed by atoms with Crippen molar-refractivity contribution in [3.63, 3.8) is 0 Å². The van der Waals surface area contributed by atoms with Crippen molar-refractivity contribution >= 4 is 17.6 Å². The summed E-state index contributed by atoms with van der Waals surface area (Å²) in [6, 6.07) is 6.83. The second-order valence-corrected chi connectivity index (χ2v) is 3.99. The molecule has 0 saturated heterocycles. The SMILES string of the molecule is CCCCOCCOC(=O)c1ccccc1Cl. The fourth-order valence-electron chi connectivity index (χ4n) is 1.25. The van der Waals surface area contributed by atoms with Gasteiger partial charge < -0.3 is 9.47 Å². The van der Waals surface area contributed by atoms with Crippen molar-refractivity contribution in [2.45, 2.75) is 19.8 Å². The van der Waals surface area contributed by atoms with Crippen LogP contribution < -0.4 is 0 Å². The molecule has 0 fully saturated rings. The standard InChI is InChI=1S/C13H17ClO3/c1-2-3-8-16-9-10-17-13(15)11-6-4-5-7-12(11)14/h4-7H,2-3,8-10H2,1H3. The van der Waals surface area contributed by atoms with Gasteiger partial charge in [-0.15, -0.1) is 0 Å². The molecule has 94 valence electrons. The third-order valence-corrected chi connectivity index (χ3v) is 2.53. The summed E-state index contributed by atoms with van der Waals surface area (Å²) in [5, 5.41) is 0.407. The average molecular weight is 257 g/mol. The van der Waals surface area contributed by atoms with Gasteiger partial charge in [0.25, 0.3) is 0 Å². The summed E-state index contributed by atoms with van der Waals surface area (Å²) in [6.45, 7) is 3.49. The fourth-order valence-corrected chi connectivity index (χ4v) is 1.46. The van der Waals surface area contributed by atoms with Gasteiger partial charge in [0.05, 0.1) is 17.2 Å². The highest BCUT2D eigenvalue weighted by molar-refractivity contribution is 6.33. The van der Waals surface area contributed by atoms with E-state index in [4.69, 9.17) is 21.1 Å². The van der Waals surface area contributed by atoms with Crippen molar-refractivity contribution in [2.75, 3.05) is 19.8 Å². The van der Waals surface area contributed by atoms with Crippen LogP contribution >= 0.6 is 11.6 Å². The van der Waals surface area contributed by atoms with Gasteiger partial charge in [-0.1, -0.05) is 37.1 Å². The number of unbranched alkanes of at least 4 members (excludes halogenated alkanes) is 1. The molecule has 0 bridgehead atoms. The van der Waals surface area contributed by atoms with E-state index in [1.165, 1.54) is 0 Å². The van der Waals surface area contributed by atoms with Crippen molar-refractivity contribution in [3.05, 3.63) is 34.9 Å². The van der Waals surface area contributed by atoms with Gasteiger partial charge in [-0.3, -0.25) is 0 Å². The molecule has 0 aliphatic rings. The highest BCUT2D eigenvalue weighted by Gasteiger charge is 2.10. The third kappa shape index (κ3) is 5.20. The molecule has 0 aliphatic heterocycles. The first kappa shape index (κ1) is 14.0. The lowest BCUT2D eigenvalue weighted by molar-refractivity contribution is 0.0314. The molecule has 0 aliphatic carbocycles. The van der Waals surface area contributed by atoms with Crippen LogP contribution in [0.3, 0.4) is 0 Å². The van der Waals surface area contributed by atoms with Crippen molar-refractivity contribution in [3.8, 4) is 0 Å². The molecule has 1 aromatic carbocycles. The second-order valence-electron chi connectivity index (χ2n) is 3.58. The Morgan fingerprint density at radius 3 is 2.71 bits per heavy atom. The van der Waals surface area contributed by atoms with E-state index in [1.54, 1.807) is 24.3 Å². The van der Waals surface area contributed by atoms with E-state index >= 15 is 0 Å². The molecular formula is C13H17ClO3. The van der Waals surface area contributed by atoms with E-state index in [2.05, 4.69) is 6.92 Å². The van der Waals surface area contributed by atoms with Crippen molar-refractivity contribution in [1.82, 2.24) is 0 Å². The number of hydrogen-bond donors (Lipinski definition) is 0. The number of carbonyl (C=O) groups excluding carboxylic acids is 1. The van der Waals surface area contributed by atoms with Gasteiger partial charge in [0, 0.05) is 6.61 Å². The van der Waals surface area contributed by atoms with E-state index in [-0.39, 0.29) is 6.61 Å². The van der Waals surface area contributed by atoms with E-state index in [1.807, 2.05) is 0 Å². The fraction of sp³-hybridized carbons (Fsp3) is 0.462. The van der Waals surface area contributed by atoms with Crippen LogP contribution in [0.4, 0.5) is 0 Å². The van der Waals surface area contributed by atoms with Crippen LogP contribution in [-0.2, 0) is 9.47 Å². The Morgan fingerprint density at radius 2 is 2.00 bits per heavy atom. The zero-order valence-electron chi connectivity index (χ0n) is 9.95. The molecule has 1 aromatic rings. The van der Waals surface area contributed by atoms with Crippen LogP contribution in [0, 0.1) is 0 Å². The molecule has 17 heavy (non-hydrogen) atoms. The van der Waals surface area contributed by atoms with E-state index in [9.17, 15) is 4.79 Å². The minimum atomic E-state index is -0.408. The van der Waals surface area contributed by atoms with E-state index in [0.717, 1.165) is 12.8 Å². The van der Waals surface area contributed by atoms with Crippen LogP contribution in [0.1, 0.15) is 30.1 Å². The molecule has 1 rings (SSSR count). The maximum absolute atomic E-state index is 11.6. The first-order chi connectivity index (χ1) is 8.25. The summed E-state index contributed by atoms with van der Waals surface area (Å²) in [4.78, 5) is 11.6. The minimum absolute atomic E-state index is 0.258. The van der Waals surface area contributed by atoms with Crippen molar-refractivity contribution in [1.29, 1.82) is 0 Å². The zero-order valence-corrected chi connectivity index (χ0v) is 10.7. The van der Waals surface area contributed by atoms with Gasteiger partial charge in [-0.25, -0.2) is 4.79 Å². The summed E-state index contributed by atoms with van der Waals surface area (Å²) in [5.41, 5.74) is 0.391. The molecule has 0 aromatic heterocycles. The maximum atomic E-state index is 11.6. The quantitative estimate of drug-likeness (QED) is 0.555. The van der Waals surface area contributed by atoms with Gasteiger partial charge in [0.2, 0.25) is 0 Å². The van der Waals surface area contributed by atoms with Crippen molar-refractivity contribution in [2.24, 2.45) is 0 Å². The van der Waals surface area contributed by atoms with Gasteiger partial charge in [0.1, 0.15) is 6.61 Å². The van der Waals surface area contributed by atoms with Gasteiger partial charge in [-0.2, -0.15) is 0 Å². The molecule has 0 N–H and O–H groups in total. The highest BCUT2D eigenvalue weighted by Crippen LogP contribution is 2.15.